The molecule has 2 aromatic rings. The van der Waals surface area contributed by atoms with Gasteiger partial charge in [0.1, 0.15) is 11.5 Å². The predicted octanol–water partition coefficient (Wildman–Crippen LogP) is 4.32. The Morgan fingerprint density at radius 3 is 2.56 bits per heavy atom. The summed E-state index contributed by atoms with van der Waals surface area (Å²) in [5.41, 5.74) is 9.01. The number of benzene rings is 2. The van der Waals surface area contributed by atoms with Crippen molar-refractivity contribution in [3.63, 3.8) is 0 Å². The lowest BCUT2D eigenvalue weighted by molar-refractivity contribution is 0.472. The van der Waals surface area contributed by atoms with Gasteiger partial charge < -0.3 is 10.5 Å². The number of rotatable bonds is 3. The minimum absolute atomic E-state index is 0.475. The van der Waals surface area contributed by atoms with Crippen molar-refractivity contribution in [1.82, 2.24) is 0 Å². The van der Waals surface area contributed by atoms with E-state index in [1.165, 1.54) is 0 Å². The fraction of sp³-hybridized carbons (Fsp3) is 0.200. The van der Waals surface area contributed by atoms with Crippen LogP contribution in [0.4, 0.5) is 0 Å². The van der Waals surface area contributed by atoms with E-state index in [4.69, 9.17) is 10.5 Å². The van der Waals surface area contributed by atoms with E-state index >= 15 is 0 Å². The quantitative estimate of drug-likeness (QED) is 0.916. The van der Waals surface area contributed by atoms with E-state index in [0.717, 1.165) is 32.7 Å². The molecule has 0 saturated heterocycles. The van der Waals surface area contributed by atoms with Gasteiger partial charge in [-0.3, -0.25) is 0 Å². The van der Waals surface area contributed by atoms with Crippen molar-refractivity contribution >= 4 is 15.9 Å². The largest absolute Gasteiger partial charge is 0.457 e. The summed E-state index contributed by atoms with van der Waals surface area (Å²) < 4.78 is 6.99. The third-order valence-corrected chi connectivity index (χ3v) is 3.31. The lowest BCUT2D eigenvalue weighted by atomic mass is 10.1. The number of hydrogen-bond acceptors (Lipinski definition) is 2. The van der Waals surface area contributed by atoms with E-state index in [2.05, 4.69) is 15.9 Å². The molecule has 2 nitrogen and oxygen atoms in total. The predicted molar refractivity (Wildman–Crippen MR) is 78.0 cm³/mol. The Morgan fingerprint density at radius 1 is 1.06 bits per heavy atom. The zero-order valence-corrected chi connectivity index (χ0v) is 12.1. The van der Waals surface area contributed by atoms with Crippen molar-refractivity contribution in [2.75, 3.05) is 0 Å². The molecule has 0 aliphatic rings. The number of hydrogen-bond donors (Lipinski definition) is 1. The first-order valence-corrected chi connectivity index (χ1v) is 6.63. The average Bonchev–Trinajstić information content (AvgIpc) is 2.34. The molecule has 0 spiro atoms. The van der Waals surface area contributed by atoms with Crippen LogP contribution in [-0.2, 0) is 6.54 Å². The van der Waals surface area contributed by atoms with E-state index in [9.17, 15) is 0 Å². The van der Waals surface area contributed by atoms with E-state index in [0.29, 0.717) is 6.54 Å². The number of ether oxygens (including phenoxy) is 1. The van der Waals surface area contributed by atoms with Crippen LogP contribution in [0.15, 0.2) is 40.9 Å². The van der Waals surface area contributed by atoms with E-state index < -0.39 is 0 Å². The maximum atomic E-state index is 5.98. The second kappa shape index (κ2) is 5.55. The standard InChI is InChI=1S/C15H16BrNO/c1-10-3-5-12(9-17)15(7-10)18-14-8-13(16)6-4-11(14)2/h3-8H,9,17H2,1-2H3. The van der Waals surface area contributed by atoms with Gasteiger partial charge >= 0.3 is 0 Å². The second-order valence-corrected chi connectivity index (χ2v) is 5.24. The Morgan fingerprint density at radius 2 is 1.83 bits per heavy atom. The van der Waals surface area contributed by atoms with Crippen LogP contribution in [0.1, 0.15) is 16.7 Å². The fourth-order valence-corrected chi connectivity index (χ4v) is 2.07. The van der Waals surface area contributed by atoms with Crippen molar-refractivity contribution in [1.29, 1.82) is 0 Å². The number of nitrogens with two attached hydrogens (primary N) is 1. The van der Waals surface area contributed by atoms with Gasteiger partial charge in [-0.1, -0.05) is 34.1 Å². The Labute approximate surface area is 116 Å². The highest BCUT2D eigenvalue weighted by Crippen LogP contribution is 2.30. The molecule has 0 aliphatic carbocycles. The van der Waals surface area contributed by atoms with E-state index in [1.807, 2.05) is 50.2 Å². The zero-order valence-electron chi connectivity index (χ0n) is 10.5. The normalized spacial score (nSPS) is 10.4. The van der Waals surface area contributed by atoms with Gasteiger partial charge in [-0.05, 0) is 43.2 Å². The average molecular weight is 306 g/mol. The summed E-state index contributed by atoms with van der Waals surface area (Å²) in [4.78, 5) is 0. The molecule has 0 unspecified atom stereocenters. The van der Waals surface area contributed by atoms with Crippen molar-refractivity contribution < 1.29 is 4.74 Å². The molecule has 0 atom stereocenters. The van der Waals surface area contributed by atoms with Gasteiger partial charge in [0.2, 0.25) is 0 Å². The van der Waals surface area contributed by atoms with Gasteiger partial charge in [-0.15, -0.1) is 0 Å². The van der Waals surface area contributed by atoms with Crippen molar-refractivity contribution in [2.45, 2.75) is 20.4 Å². The minimum Gasteiger partial charge on any atom is -0.457 e. The molecule has 0 saturated carbocycles. The summed E-state index contributed by atoms with van der Waals surface area (Å²) in [5, 5.41) is 0. The van der Waals surface area contributed by atoms with Crippen LogP contribution in [-0.4, -0.2) is 0 Å². The Balaban J connectivity index is 2.38. The maximum absolute atomic E-state index is 5.98. The minimum atomic E-state index is 0.475. The van der Waals surface area contributed by atoms with Crippen LogP contribution in [0, 0.1) is 13.8 Å². The molecule has 2 N–H and O–H groups in total. The van der Waals surface area contributed by atoms with Gasteiger partial charge in [0.05, 0.1) is 0 Å². The summed E-state index contributed by atoms with van der Waals surface area (Å²) >= 11 is 3.46. The van der Waals surface area contributed by atoms with Crippen LogP contribution in [0.5, 0.6) is 11.5 Å². The molecule has 0 heterocycles. The van der Waals surface area contributed by atoms with Gasteiger partial charge in [-0.2, -0.15) is 0 Å². The Hall–Kier alpha value is -1.32. The molecular formula is C15H16BrNO. The molecule has 94 valence electrons. The second-order valence-electron chi connectivity index (χ2n) is 4.33. The van der Waals surface area contributed by atoms with Crippen LogP contribution >= 0.6 is 15.9 Å². The first kappa shape index (κ1) is 13.1. The highest BCUT2D eigenvalue weighted by atomic mass is 79.9. The summed E-state index contributed by atoms with van der Waals surface area (Å²) in [6.07, 6.45) is 0. The Kier molecular flexibility index (Phi) is 4.04. The van der Waals surface area contributed by atoms with Crippen molar-refractivity contribution in [3.05, 3.63) is 57.6 Å². The summed E-state index contributed by atoms with van der Waals surface area (Å²) in [7, 11) is 0. The summed E-state index contributed by atoms with van der Waals surface area (Å²) in [5.74, 6) is 1.68. The highest BCUT2D eigenvalue weighted by Gasteiger charge is 2.07. The zero-order chi connectivity index (χ0) is 13.1. The van der Waals surface area contributed by atoms with Crippen LogP contribution in [0.3, 0.4) is 0 Å². The molecule has 2 aromatic carbocycles. The molecule has 0 fully saturated rings. The van der Waals surface area contributed by atoms with Crippen molar-refractivity contribution in [3.8, 4) is 11.5 Å². The maximum Gasteiger partial charge on any atom is 0.132 e. The molecule has 18 heavy (non-hydrogen) atoms. The molecule has 3 heteroatoms. The lowest BCUT2D eigenvalue weighted by Gasteiger charge is -2.13. The fourth-order valence-electron chi connectivity index (χ4n) is 1.73. The topological polar surface area (TPSA) is 35.2 Å². The van der Waals surface area contributed by atoms with Gasteiger partial charge in [0.25, 0.3) is 0 Å². The summed E-state index contributed by atoms with van der Waals surface area (Å²) in [6, 6.07) is 12.1. The third kappa shape index (κ3) is 2.92. The molecule has 0 bridgehead atoms. The number of halogens is 1. The monoisotopic (exact) mass is 305 g/mol. The third-order valence-electron chi connectivity index (χ3n) is 2.81. The van der Waals surface area contributed by atoms with Crippen molar-refractivity contribution in [2.24, 2.45) is 5.73 Å². The lowest BCUT2D eigenvalue weighted by Crippen LogP contribution is -2.00. The molecule has 0 radical (unpaired) electrons. The number of aryl methyl sites for hydroxylation is 2. The molecule has 0 aromatic heterocycles. The molecular weight excluding hydrogens is 290 g/mol. The van der Waals surface area contributed by atoms with E-state index in [-0.39, 0.29) is 0 Å². The van der Waals surface area contributed by atoms with Crippen LogP contribution in [0.2, 0.25) is 0 Å². The van der Waals surface area contributed by atoms with Crippen LogP contribution in [0.25, 0.3) is 0 Å². The van der Waals surface area contributed by atoms with Gasteiger partial charge in [0.15, 0.2) is 0 Å². The Bertz CT molecular complexity index is 566. The van der Waals surface area contributed by atoms with Gasteiger partial charge in [-0.25, -0.2) is 0 Å². The first-order valence-electron chi connectivity index (χ1n) is 5.84. The SMILES string of the molecule is Cc1ccc(CN)c(Oc2cc(Br)ccc2C)c1. The molecule has 0 aliphatic heterocycles. The smallest absolute Gasteiger partial charge is 0.132 e. The molecule has 0 amide bonds. The molecule has 2 rings (SSSR count). The van der Waals surface area contributed by atoms with E-state index in [1.54, 1.807) is 0 Å². The summed E-state index contributed by atoms with van der Waals surface area (Å²) in [6.45, 7) is 4.54. The highest BCUT2D eigenvalue weighted by molar-refractivity contribution is 9.10. The van der Waals surface area contributed by atoms with Crippen LogP contribution < -0.4 is 10.5 Å². The first-order chi connectivity index (χ1) is 8.60. The van der Waals surface area contributed by atoms with Gasteiger partial charge in [0, 0.05) is 16.6 Å².